The highest BCUT2D eigenvalue weighted by Gasteiger charge is 2.22. The molecule has 0 saturated heterocycles. The van der Waals surface area contributed by atoms with Gasteiger partial charge in [0.15, 0.2) is 5.82 Å². The average molecular weight is 686 g/mol. The molecule has 1 aliphatic rings. The molecule has 0 N–H and O–H groups in total. The highest BCUT2D eigenvalue weighted by atomic mass is 14.9. The van der Waals surface area contributed by atoms with E-state index in [-0.39, 0.29) is 0 Å². The van der Waals surface area contributed by atoms with Gasteiger partial charge in [0, 0.05) is 29.1 Å². The predicted octanol–water partition coefficient (Wildman–Crippen LogP) is 13.3. The lowest BCUT2D eigenvalue weighted by Crippen LogP contribution is -1.97. The molecule has 11 rings (SSSR count). The minimum absolute atomic E-state index is 0.705. The van der Waals surface area contributed by atoms with Crippen molar-refractivity contribution in [2.45, 2.75) is 0 Å². The van der Waals surface area contributed by atoms with Crippen molar-refractivity contribution in [1.82, 2.24) is 15.0 Å². The van der Waals surface area contributed by atoms with Crippen LogP contribution >= 0.6 is 0 Å². The average Bonchev–Trinajstić information content (AvgIpc) is 3.58. The second-order valence-electron chi connectivity index (χ2n) is 14.0. The summed E-state index contributed by atoms with van der Waals surface area (Å²) in [6.45, 7) is 0. The number of benzene rings is 8. The molecule has 0 amide bonds. The minimum Gasteiger partial charge on any atom is -0.264 e. The van der Waals surface area contributed by atoms with Crippen LogP contribution in [0, 0.1) is 0 Å². The summed E-state index contributed by atoms with van der Waals surface area (Å²) >= 11 is 0. The van der Waals surface area contributed by atoms with Gasteiger partial charge in [-0.05, 0) is 95.0 Å². The minimum atomic E-state index is 0.705. The maximum atomic E-state index is 5.31. The highest BCUT2D eigenvalue weighted by molar-refractivity contribution is 6.18. The largest absolute Gasteiger partial charge is 0.264 e. The van der Waals surface area contributed by atoms with Crippen molar-refractivity contribution in [3.8, 4) is 78.4 Å². The Hall–Kier alpha value is -7.23. The van der Waals surface area contributed by atoms with E-state index in [2.05, 4.69) is 175 Å². The van der Waals surface area contributed by atoms with Gasteiger partial charge in [0.1, 0.15) is 0 Å². The zero-order valence-corrected chi connectivity index (χ0v) is 29.2. The molecule has 0 unspecified atom stereocenters. The zero-order valence-electron chi connectivity index (χ0n) is 29.2. The van der Waals surface area contributed by atoms with Crippen LogP contribution in [0.3, 0.4) is 0 Å². The Kier molecular flexibility index (Phi) is 6.86. The fraction of sp³-hybridized carbons (Fsp3) is 0. The molecule has 0 radical (unpaired) electrons. The first-order valence-electron chi connectivity index (χ1n) is 18.3. The lowest BCUT2D eigenvalue weighted by molar-refractivity contribution is 1.19. The number of fused-ring (bicyclic) bond motifs is 6. The molecule has 3 heteroatoms. The second-order valence-corrected chi connectivity index (χ2v) is 14.0. The van der Waals surface area contributed by atoms with E-state index < -0.39 is 0 Å². The van der Waals surface area contributed by atoms with Gasteiger partial charge in [0.05, 0.1) is 11.4 Å². The molecule has 0 atom stereocenters. The van der Waals surface area contributed by atoms with Crippen LogP contribution in [0.1, 0.15) is 0 Å². The molecule has 0 aliphatic heterocycles. The van der Waals surface area contributed by atoms with Crippen LogP contribution in [0.5, 0.6) is 0 Å². The van der Waals surface area contributed by atoms with Crippen LogP contribution in [0.4, 0.5) is 0 Å². The molecule has 0 bridgehead atoms. The summed E-state index contributed by atoms with van der Waals surface area (Å²) in [4.78, 5) is 14.9. The Bertz CT molecular complexity index is 3050. The summed E-state index contributed by atoms with van der Waals surface area (Å²) in [5.74, 6) is 0.705. The van der Waals surface area contributed by atoms with Crippen LogP contribution in [-0.4, -0.2) is 15.0 Å². The fourth-order valence-electron chi connectivity index (χ4n) is 8.35. The van der Waals surface area contributed by atoms with E-state index in [9.17, 15) is 0 Å². The molecule has 1 aliphatic carbocycles. The Morgan fingerprint density at radius 1 is 0.315 bits per heavy atom. The fourth-order valence-corrected chi connectivity index (χ4v) is 8.35. The summed E-state index contributed by atoms with van der Waals surface area (Å²) in [5.41, 5.74) is 14.7. The monoisotopic (exact) mass is 685 g/mol. The lowest BCUT2D eigenvalue weighted by atomic mass is 9.93. The Balaban J connectivity index is 1.05. The smallest absolute Gasteiger partial charge is 0.161 e. The van der Waals surface area contributed by atoms with Crippen molar-refractivity contribution < 1.29 is 0 Å². The molecule has 3 nitrogen and oxygen atoms in total. The highest BCUT2D eigenvalue weighted by Crippen LogP contribution is 2.49. The molecule has 0 spiro atoms. The standard InChI is InChI=1S/C51H31N3/c1-2-11-38-36(9-1)29-47(43-15-6-3-12-40(38)43)51-53-48(34-22-18-32(19-23-34)37-10-8-28-52-31-37)30-49(54-51)35-24-20-33(21-25-35)39-26-27-46-42-14-5-4-13-41(42)45-17-7-16-44(39)50(45)46/h1-31H. The van der Waals surface area contributed by atoms with Gasteiger partial charge in [-0.2, -0.15) is 0 Å². The number of aromatic nitrogens is 3. The van der Waals surface area contributed by atoms with E-state index in [0.717, 1.165) is 44.6 Å². The van der Waals surface area contributed by atoms with Gasteiger partial charge >= 0.3 is 0 Å². The first-order chi connectivity index (χ1) is 26.8. The van der Waals surface area contributed by atoms with Crippen molar-refractivity contribution in [2.24, 2.45) is 0 Å². The van der Waals surface area contributed by atoms with Crippen molar-refractivity contribution in [3.63, 3.8) is 0 Å². The normalized spacial score (nSPS) is 11.7. The lowest BCUT2D eigenvalue weighted by Gasteiger charge is -2.14. The van der Waals surface area contributed by atoms with E-state index in [1.807, 2.05) is 12.3 Å². The number of nitrogens with zero attached hydrogens (tertiary/aromatic N) is 3. The predicted molar refractivity (Wildman–Crippen MR) is 224 cm³/mol. The molecule has 2 aromatic heterocycles. The molecular formula is C51H31N3. The molecule has 54 heavy (non-hydrogen) atoms. The molecule has 2 heterocycles. The van der Waals surface area contributed by atoms with Gasteiger partial charge in [0.2, 0.25) is 0 Å². The van der Waals surface area contributed by atoms with Crippen molar-refractivity contribution in [1.29, 1.82) is 0 Å². The van der Waals surface area contributed by atoms with E-state index in [1.165, 1.54) is 60.3 Å². The molecule has 250 valence electrons. The number of hydrogen-bond donors (Lipinski definition) is 0. The van der Waals surface area contributed by atoms with E-state index in [0.29, 0.717) is 5.82 Å². The van der Waals surface area contributed by atoms with Crippen LogP contribution in [0.2, 0.25) is 0 Å². The van der Waals surface area contributed by atoms with Gasteiger partial charge in [-0.1, -0.05) is 158 Å². The number of pyridine rings is 1. The third-order valence-electron chi connectivity index (χ3n) is 11.0. The maximum Gasteiger partial charge on any atom is 0.161 e. The van der Waals surface area contributed by atoms with E-state index in [1.54, 1.807) is 6.20 Å². The SMILES string of the molecule is c1cncc(-c2ccc(-c3cc(-c4ccc(-c5ccc6c7c(cccc57)-c5ccccc5-6)cc4)nc(-c4cc5ccccc5c5ccccc45)n3)cc2)c1. The summed E-state index contributed by atoms with van der Waals surface area (Å²) in [5, 5.41) is 7.33. The van der Waals surface area contributed by atoms with Gasteiger partial charge < -0.3 is 0 Å². The van der Waals surface area contributed by atoms with Gasteiger partial charge in [-0.3, -0.25) is 4.98 Å². The topological polar surface area (TPSA) is 38.7 Å². The van der Waals surface area contributed by atoms with Crippen LogP contribution in [0.25, 0.3) is 111 Å². The van der Waals surface area contributed by atoms with Gasteiger partial charge in [-0.25, -0.2) is 9.97 Å². The quantitative estimate of drug-likeness (QED) is 0.169. The van der Waals surface area contributed by atoms with Crippen LogP contribution in [0.15, 0.2) is 188 Å². The third kappa shape index (κ3) is 4.87. The molecular weight excluding hydrogens is 655 g/mol. The number of rotatable bonds is 5. The van der Waals surface area contributed by atoms with E-state index in [4.69, 9.17) is 9.97 Å². The summed E-state index contributed by atoms with van der Waals surface area (Å²) < 4.78 is 0. The Morgan fingerprint density at radius 2 is 0.889 bits per heavy atom. The first-order valence-corrected chi connectivity index (χ1v) is 18.3. The zero-order chi connectivity index (χ0) is 35.6. The van der Waals surface area contributed by atoms with Crippen molar-refractivity contribution in [3.05, 3.63) is 188 Å². The van der Waals surface area contributed by atoms with Crippen molar-refractivity contribution in [2.75, 3.05) is 0 Å². The van der Waals surface area contributed by atoms with Gasteiger partial charge in [0.25, 0.3) is 0 Å². The number of hydrogen-bond acceptors (Lipinski definition) is 3. The third-order valence-corrected chi connectivity index (χ3v) is 11.0. The molecule has 8 aromatic carbocycles. The Labute approximate surface area is 312 Å². The molecule has 10 aromatic rings. The summed E-state index contributed by atoms with van der Waals surface area (Å²) in [6.07, 6.45) is 3.70. The second kappa shape index (κ2) is 12.2. The Morgan fingerprint density at radius 3 is 1.61 bits per heavy atom. The molecule has 0 fully saturated rings. The van der Waals surface area contributed by atoms with Crippen LogP contribution in [-0.2, 0) is 0 Å². The molecule has 0 saturated carbocycles. The van der Waals surface area contributed by atoms with Gasteiger partial charge in [-0.15, -0.1) is 0 Å². The first kappa shape index (κ1) is 30.4. The maximum absolute atomic E-state index is 5.31. The van der Waals surface area contributed by atoms with Crippen molar-refractivity contribution >= 4 is 32.3 Å². The van der Waals surface area contributed by atoms with Crippen LogP contribution < -0.4 is 0 Å². The summed E-state index contributed by atoms with van der Waals surface area (Å²) in [6, 6.07) is 63.0. The van der Waals surface area contributed by atoms with E-state index >= 15 is 0 Å². The summed E-state index contributed by atoms with van der Waals surface area (Å²) in [7, 11) is 0.